The second-order valence-electron chi connectivity index (χ2n) is 6.73. The van der Waals surface area contributed by atoms with Crippen LogP contribution in [0.15, 0.2) is 29.3 Å². The lowest BCUT2D eigenvalue weighted by molar-refractivity contribution is 0.579. The van der Waals surface area contributed by atoms with Crippen molar-refractivity contribution in [3.8, 4) is 0 Å². The normalized spacial score (nSPS) is 15.5. The Kier molecular flexibility index (Phi) is 9.47. The zero-order chi connectivity index (χ0) is 20.1. The van der Waals surface area contributed by atoms with Gasteiger partial charge in [-0.2, -0.15) is 0 Å². The summed E-state index contributed by atoms with van der Waals surface area (Å²) in [5, 5.41) is 6.06. The number of anilines is 1. The second kappa shape index (κ2) is 10.6. The quantitative estimate of drug-likeness (QED) is 0.287. The highest BCUT2D eigenvalue weighted by molar-refractivity contribution is 14.0. The maximum atomic E-state index is 12.7. The third-order valence-corrected chi connectivity index (χ3v) is 7.11. The van der Waals surface area contributed by atoms with Crippen LogP contribution in [0.4, 0.5) is 5.69 Å². The molecule has 11 heteroatoms. The molecular weight excluding hydrogens is 515 g/mol. The Morgan fingerprint density at radius 3 is 2.54 bits per heavy atom. The Labute approximate surface area is 185 Å². The monoisotopic (exact) mass is 544 g/mol. The molecule has 1 aliphatic heterocycles. The largest absolute Gasteiger partial charge is 0.355 e. The fourth-order valence-electron chi connectivity index (χ4n) is 2.90. The summed E-state index contributed by atoms with van der Waals surface area (Å²) in [6.45, 7) is 2.53. The fraction of sp³-hybridized carbons (Fsp3) is 0.588. The molecule has 1 atom stereocenters. The number of rotatable bonds is 8. The van der Waals surface area contributed by atoms with E-state index in [2.05, 4.69) is 15.6 Å². The number of halogens is 1. The number of fused-ring (bicyclic) bond motifs is 1. The van der Waals surface area contributed by atoms with Crippen molar-refractivity contribution in [3.63, 3.8) is 0 Å². The van der Waals surface area contributed by atoms with E-state index in [4.69, 9.17) is 0 Å². The summed E-state index contributed by atoms with van der Waals surface area (Å²) in [5.74, 6) is 0.480. The molecule has 0 bridgehead atoms. The van der Waals surface area contributed by atoms with Gasteiger partial charge in [0, 0.05) is 32.4 Å². The number of aliphatic imine (C=N–C) groups is 1. The summed E-state index contributed by atoms with van der Waals surface area (Å²) in [6, 6.07) is 7.43. The van der Waals surface area contributed by atoms with Crippen molar-refractivity contribution >= 4 is 55.5 Å². The Morgan fingerprint density at radius 1 is 1.21 bits per heavy atom. The first kappa shape index (κ1) is 25.0. The van der Waals surface area contributed by atoms with Gasteiger partial charge in [-0.05, 0) is 31.4 Å². The summed E-state index contributed by atoms with van der Waals surface area (Å²) >= 11 is 0. The number of hydrogen-bond acceptors (Lipinski definition) is 5. The zero-order valence-electron chi connectivity index (χ0n) is 16.4. The molecule has 2 rings (SSSR count). The van der Waals surface area contributed by atoms with Crippen LogP contribution in [0.5, 0.6) is 0 Å². The molecule has 0 spiro atoms. The summed E-state index contributed by atoms with van der Waals surface area (Å²) in [7, 11) is -4.86. The highest BCUT2D eigenvalue weighted by atomic mass is 127. The van der Waals surface area contributed by atoms with E-state index in [1.807, 2.05) is 31.2 Å². The van der Waals surface area contributed by atoms with Gasteiger partial charge in [0.2, 0.25) is 10.0 Å². The highest BCUT2D eigenvalue weighted by Crippen LogP contribution is 2.29. The molecule has 0 aromatic heterocycles. The number of sulfonamides is 1. The van der Waals surface area contributed by atoms with E-state index < -0.39 is 19.9 Å². The fourth-order valence-corrected chi connectivity index (χ4v) is 5.11. The molecule has 0 amide bonds. The van der Waals surface area contributed by atoms with Crippen molar-refractivity contribution in [1.82, 2.24) is 10.6 Å². The minimum atomic E-state index is -3.43. The van der Waals surface area contributed by atoms with Gasteiger partial charge in [-0.15, -0.1) is 24.0 Å². The van der Waals surface area contributed by atoms with Crippen molar-refractivity contribution in [2.75, 3.05) is 42.2 Å². The molecule has 0 radical (unpaired) electrons. The number of hydrogen-bond donors (Lipinski definition) is 2. The van der Waals surface area contributed by atoms with Crippen molar-refractivity contribution < 1.29 is 16.8 Å². The third kappa shape index (κ3) is 7.39. The van der Waals surface area contributed by atoms with Gasteiger partial charge in [-0.25, -0.2) is 16.8 Å². The first-order valence-electron chi connectivity index (χ1n) is 8.85. The van der Waals surface area contributed by atoms with Crippen molar-refractivity contribution in [1.29, 1.82) is 0 Å². The first-order chi connectivity index (χ1) is 12.6. The summed E-state index contributed by atoms with van der Waals surface area (Å²) < 4.78 is 49.3. The predicted octanol–water partition coefficient (Wildman–Crippen LogP) is 0.985. The lowest BCUT2D eigenvalue weighted by Gasteiger charge is -2.21. The number of nitrogens with zero attached hydrogens (tertiary/aromatic N) is 2. The van der Waals surface area contributed by atoms with E-state index in [0.29, 0.717) is 18.9 Å². The van der Waals surface area contributed by atoms with Crippen LogP contribution in [0.2, 0.25) is 0 Å². The molecule has 28 heavy (non-hydrogen) atoms. The van der Waals surface area contributed by atoms with Gasteiger partial charge in [0.25, 0.3) is 0 Å². The molecule has 1 unspecified atom stereocenters. The molecular formula is C17H29IN4O4S2. The highest BCUT2D eigenvalue weighted by Gasteiger charge is 2.28. The minimum absolute atomic E-state index is 0. The van der Waals surface area contributed by atoms with Crippen LogP contribution in [0.25, 0.3) is 0 Å². The van der Waals surface area contributed by atoms with E-state index >= 15 is 0 Å². The molecule has 0 fully saturated rings. The maximum Gasteiger partial charge on any atom is 0.236 e. The Balaban J connectivity index is 0.00000392. The van der Waals surface area contributed by atoms with Gasteiger partial charge >= 0.3 is 0 Å². The average Bonchev–Trinajstić information content (AvgIpc) is 3.03. The maximum absolute atomic E-state index is 12.7. The SMILES string of the molecule is CN=C(NCCS(=O)(=O)N1CCc2ccccc21)NC(C)CCS(C)(=O)=O.I. The van der Waals surface area contributed by atoms with E-state index in [9.17, 15) is 16.8 Å². The van der Waals surface area contributed by atoms with Crippen molar-refractivity contribution in [2.24, 2.45) is 4.99 Å². The molecule has 0 saturated carbocycles. The van der Waals surface area contributed by atoms with Gasteiger partial charge in [0.1, 0.15) is 9.84 Å². The van der Waals surface area contributed by atoms with Crippen LogP contribution in [0.1, 0.15) is 18.9 Å². The Morgan fingerprint density at radius 2 is 1.89 bits per heavy atom. The Hall–Kier alpha value is -1.08. The van der Waals surface area contributed by atoms with Gasteiger partial charge in [-0.1, -0.05) is 18.2 Å². The van der Waals surface area contributed by atoms with Gasteiger partial charge < -0.3 is 10.6 Å². The van der Waals surface area contributed by atoms with E-state index in [1.165, 1.54) is 10.6 Å². The van der Waals surface area contributed by atoms with Gasteiger partial charge in [0.05, 0.1) is 17.2 Å². The van der Waals surface area contributed by atoms with Crippen LogP contribution in [0.3, 0.4) is 0 Å². The number of guanidine groups is 1. The van der Waals surface area contributed by atoms with Crippen molar-refractivity contribution in [3.05, 3.63) is 29.8 Å². The standard InChI is InChI=1S/C17H28N4O4S2.HI/c1-14(9-12-26(3,22)23)20-17(18-2)19-10-13-27(24,25)21-11-8-15-6-4-5-7-16(15)21;/h4-7,14H,8-13H2,1-3H3,(H2,18,19,20);1H. The lowest BCUT2D eigenvalue weighted by Crippen LogP contribution is -2.45. The molecule has 2 N–H and O–H groups in total. The molecule has 1 heterocycles. The van der Waals surface area contributed by atoms with E-state index in [0.717, 1.165) is 17.7 Å². The smallest absolute Gasteiger partial charge is 0.236 e. The molecule has 0 saturated heterocycles. The molecule has 1 aromatic carbocycles. The molecule has 0 aliphatic carbocycles. The lowest BCUT2D eigenvalue weighted by atomic mass is 10.2. The summed E-state index contributed by atoms with van der Waals surface area (Å²) in [4.78, 5) is 4.06. The molecule has 1 aromatic rings. The zero-order valence-corrected chi connectivity index (χ0v) is 20.3. The average molecular weight is 544 g/mol. The topological polar surface area (TPSA) is 108 Å². The Bertz CT molecular complexity index is 888. The van der Waals surface area contributed by atoms with Crippen LogP contribution in [0, 0.1) is 0 Å². The minimum Gasteiger partial charge on any atom is -0.355 e. The van der Waals surface area contributed by atoms with Crippen LogP contribution < -0.4 is 14.9 Å². The number of para-hydroxylation sites is 1. The van der Waals surface area contributed by atoms with Crippen LogP contribution in [-0.2, 0) is 26.3 Å². The van der Waals surface area contributed by atoms with E-state index in [-0.39, 0.29) is 48.1 Å². The number of nitrogens with one attached hydrogen (secondary N) is 2. The second-order valence-corrected chi connectivity index (χ2v) is 11.0. The molecule has 8 nitrogen and oxygen atoms in total. The summed E-state index contributed by atoms with van der Waals surface area (Å²) in [5.41, 5.74) is 1.81. The van der Waals surface area contributed by atoms with Gasteiger partial charge in [-0.3, -0.25) is 9.30 Å². The number of sulfone groups is 1. The molecule has 1 aliphatic rings. The van der Waals surface area contributed by atoms with Crippen LogP contribution in [-0.4, -0.2) is 66.7 Å². The van der Waals surface area contributed by atoms with Crippen LogP contribution >= 0.6 is 24.0 Å². The van der Waals surface area contributed by atoms with Gasteiger partial charge in [0.15, 0.2) is 5.96 Å². The summed E-state index contributed by atoms with van der Waals surface area (Å²) in [6.07, 6.45) is 2.38. The number of benzene rings is 1. The van der Waals surface area contributed by atoms with Crippen molar-refractivity contribution in [2.45, 2.75) is 25.8 Å². The predicted molar refractivity (Wildman–Crippen MR) is 125 cm³/mol. The third-order valence-electron chi connectivity index (χ3n) is 4.36. The molecule has 160 valence electrons. The first-order valence-corrected chi connectivity index (χ1v) is 12.5. The van der Waals surface area contributed by atoms with E-state index in [1.54, 1.807) is 7.05 Å².